The number of amides is 1. The number of carbonyl (C=O) groups is 1. The highest BCUT2D eigenvalue weighted by molar-refractivity contribution is 5.95. The van der Waals surface area contributed by atoms with Gasteiger partial charge in [0.1, 0.15) is 18.2 Å². The number of rotatable bonds is 4. The lowest BCUT2D eigenvalue weighted by Gasteiger charge is -2.10. The molecule has 0 aliphatic carbocycles. The van der Waals surface area contributed by atoms with E-state index in [0.29, 0.717) is 22.4 Å². The van der Waals surface area contributed by atoms with Crippen molar-refractivity contribution in [3.63, 3.8) is 0 Å². The second kappa shape index (κ2) is 6.16. The minimum atomic E-state index is -0.390. The van der Waals surface area contributed by atoms with E-state index in [0.717, 1.165) is 0 Å². The number of carbonyl (C=O) groups excluding carboxylic acids is 1. The Balaban J connectivity index is 2.14. The van der Waals surface area contributed by atoms with Gasteiger partial charge in [-0.1, -0.05) is 24.3 Å². The largest absolute Gasteiger partial charge is 0.489 e. The highest BCUT2D eigenvalue weighted by atomic mass is 19.1. The van der Waals surface area contributed by atoms with Gasteiger partial charge in [0.25, 0.3) is 5.91 Å². The molecule has 0 aromatic heterocycles. The third kappa shape index (κ3) is 3.13. The van der Waals surface area contributed by atoms with Gasteiger partial charge in [-0.2, -0.15) is 0 Å². The van der Waals surface area contributed by atoms with Crippen molar-refractivity contribution in [2.75, 3.05) is 0 Å². The lowest BCUT2D eigenvalue weighted by molar-refractivity contribution is 0.0951. The number of hydrogen-bond donors (Lipinski definition) is 2. The zero-order valence-corrected chi connectivity index (χ0v) is 11.0. The predicted molar refractivity (Wildman–Crippen MR) is 73.6 cm³/mol. The lowest BCUT2D eigenvalue weighted by Crippen LogP contribution is -2.30. The summed E-state index contributed by atoms with van der Waals surface area (Å²) in [5.41, 5.74) is 3.75. The normalized spacial score (nSPS) is 10.2. The van der Waals surface area contributed by atoms with E-state index in [9.17, 15) is 9.18 Å². The molecule has 0 aliphatic rings. The predicted octanol–water partition coefficient (Wildman–Crippen LogP) is 2.32. The van der Waals surface area contributed by atoms with Crippen LogP contribution in [-0.2, 0) is 6.61 Å². The number of hydrogen-bond acceptors (Lipinski definition) is 3. The number of aryl methyl sites for hydroxylation is 1. The summed E-state index contributed by atoms with van der Waals surface area (Å²) in [5, 5.41) is 0. The summed E-state index contributed by atoms with van der Waals surface area (Å²) in [4.78, 5) is 11.6. The highest BCUT2D eigenvalue weighted by Crippen LogP contribution is 2.18. The van der Waals surface area contributed by atoms with Gasteiger partial charge in [0.15, 0.2) is 0 Å². The first kappa shape index (κ1) is 14.0. The molecule has 3 N–H and O–H groups in total. The Morgan fingerprint density at radius 1 is 1.30 bits per heavy atom. The molecular weight excluding hydrogens is 259 g/mol. The van der Waals surface area contributed by atoms with Crippen LogP contribution in [0.3, 0.4) is 0 Å². The maximum Gasteiger partial charge on any atom is 0.265 e. The fourth-order valence-electron chi connectivity index (χ4n) is 1.77. The molecule has 0 unspecified atom stereocenters. The average molecular weight is 274 g/mol. The quantitative estimate of drug-likeness (QED) is 0.511. The van der Waals surface area contributed by atoms with Crippen LogP contribution in [0.4, 0.5) is 4.39 Å². The number of benzene rings is 2. The SMILES string of the molecule is Cc1ccc(OCc2ccccc2C(=O)NN)cc1F. The van der Waals surface area contributed by atoms with E-state index >= 15 is 0 Å². The van der Waals surface area contributed by atoms with Crippen molar-refractivity contribution in [1.82, 2.24) is 5.43 Å². The summed E-state index contributed by atoms with van der Waals surface area (Å²) in [5.74, 6) is 4.83. The second-order valence-corrected chi connectivity index (χ2v) is 4.33. The van der Waals surface area contributed by atoms with Gasteiger partial charge in [0.05, 0.1) is 0 Å². The van der Waals surface area contributed by atoms with Gasteiger partial charge in [-0.05, 0) is 24.6 Å². The summed E-state index contributed by atoms with van der Waals surface area (Å²) in [6.07, 6.45) is 0. The molecule has 0 fully saturated rings. The van der Waals surface area contributed by atoms with E-state index < -0.39 is 0 Å². The Morgan fingerprint density at radius 2 is 2.05 bits per heavy atom. The topological polar surface area (TPSA) is 64.3 Å². The van der Waals surface area contributed by atoms with Gasteiger partial charge in [-0.25, -0.2) is 10.2 Å². The molecule has 1 amide bonds. The van der Waals surface area contributed by atoms with Gasteiger partial charge in [0.2, 0.25) is 0 Å². The fraction of sp³-hybridized carbons (Fsp3) is 0.133. The summed E-state index contributed by atoms with van der Waals surface area (Å²) >= 11 is 0. The molecule has 0 saturated carbocycles. The Morgan fingerprint density at radius 3 is 2.75 bits per heavy atom. The number of nitrogen functional groups attached to an aromatic ring is 1. The Labute approximate surface area is 116 Å². The molecule has 2 rings (SSSR count). The first-order chi connectivity index (χ1) is 9.61. The molecule has 2 aromatic carbocycles. The Kier molecular flexibility index (Phi) is 4.32. The van der Waals surface area contributed by atoms with Crippen LogP contribution in [0, 0.1) is 12.7 Å². The fourth-order valence-corrected chi connectivity index (χ4v) is 1.77. The van der Waals surface area contributed by atoms with Crippen LogP contribution in [0.1, 0.15) is 21.5 Å². The van der Waals surface area contributed by atoms with E-state index in [1.807, 2.05) is 0 Å². The van der Waals surface area contributed by atoms with Crippen molar-refractivity contribution in [2.24, 2.45) is 5.84 Å². The van der Waals surface area contributed by atoms with Crippen LogP contribution in [-0.4, -0.2) is 5.91 Å². The summed E-state index contributed by atoms with van der Waals surface area (Å²) in [6.45, 7) is 1.84. The van der Waals surface area contributed by atoms with Crippen LogP contribution in [0.2, 0.25) is 0 Å². The van der Waals surface area contributed by atoms with E-state index in [2.05, 4.69) is 5.43 Å². The minimum absolute atomic E-state index is 0.159. The minimum Gasteiger partial charge on any atom is -0.489 e. The van der Waals surface area contributed by atoms with Crippen LogP contribution >= 0.6 is 0 Å². The molecular formula is C15H15FN2O2. The number of nitrogens with two attached hydrogens (primary N) is 1. The molecule has 5 heteroatoms. The van der Waals surface area contributed by atoms with Crippen molar-refractivity contribution in [3.8, 4) is 5.75 Å². The third-order valence-electron chi connectivity index (χ3n) is 2.93. The van der Waals surface area contributed by atoms with E-state index in [1.165, 1.54) is 6.07 Å². The molecule has 0 radical (unpaired) electrons. The molecule has 4 nitrogen and oxygen atoms in total. The van der Waals surface area contributed by atoms with Crippen LogP contribution in [0.5, 0.6) is 5.75 Å². The lowest BCUT2D eigenvalue weighted by atomic mass is 10.1. The van der Waals surface area contributed by atoms with Gasteiger partial charge >= 0.3 is 0 Å². The van der Waals surface area contributed by atoms with Crippen LogP contribution in [0.15, 0.2) is 42.5 Å². The second-order valence-electron chi connectivity index (χ2n) is 4.33. The third-order valence-corrected chi connectivity index (χ3v) is 2.93. The molecule has 104 valence electrons. The molecule has 0 spiro atoms. The number of halogens is 1. The summed E-state index contributed by atoms with van der Waals surface area (Å²) < 4.78 is 18.9. The van der Waals surface area contributed by atoms with Gasteiger partial charge in [-0.3, -0.25) is 10.2 Å². The first-order valence-corrected chi connectivity index (χ1v) is 6.09. The van der Waals surface area contributed by atoms with Crippen molar-refractivity contribution in [2.45, 2.75) is 13.5 Å². The van der Waals surface area contributed by atoms with E-state index in [1.54, 1.807) is 43.3 Å². The molecule has 0 heterocycles. The van der Waals surface area contributed by atoms with Gasteiger partial charge < -0.3 is 4.74 Å². The zero-order valence-electron chi connectivity index (χ0n) is 11.0. The van der Waals surface area contributed by atoms with Crippen molar-refractivity contribution < 1.29 is 13.9 Å². The number of ether oxygens (including phenoxy) is 1. The van der Waals surface area contributed by atoms with Crippen LogP contribution in [0.25, 0.3) is 0 Å². The van der Waals surface area contributed by atoms with Crippen molar-refractivity contribution in [1.29, 1.82) is 0 Å². The smallest absolute Gasteiger partial charge is 0.265 e. The van der Waals surface area contributed by atoms with Gasteiger partial charge in [0, 0.05) is 17.2 Å². The molecule has 0 atom stereocenters. The highest BCUT2D eigenvalue weighted by Gasteiger charge is 2.10. The first-order valence-electron chi connectivity index (χ1n) is 6.09. The summed E-state index contributed by atoms with van der Waals surface area (Å²) in [6, 6.07) is 11.6. The average Bonchev–Trinajstić information content (AvgIpc) is 2.48. The number of nitrogens with one attached hydrogen (secondary N) is 1. The molecule has 20 heavy (non-hydrogen) atoms. The Hall–Kier alpha value is -2.40. The molecule has 0 saturated heterocycles. The van der Waals surface area contributed by atoms with Crippen LogP contribution < -0.4 is 16.0 Å². The van der Waals surface area contributed by atoms with Crippen molar-refractivity contribution >= 4 is 5.91 Å². The number of hydrazine groups is 1. The standard InChI is InChI=1S/C15H15FN2O2/c1-10-6-7-12(8-14(10)16)20-9-11-4-2-3-5-13(11)15(19)18-17/h2-8H,9,17H2,1H3,(H,18,19). The Bertz CT molecular complexity index is 629. The maximum atomic E-state index is 13.4. The zero-order chi connectivity index (χ0) is 14.5. The molecule has 0 aliphatic heterocycles. The van der Waals surface area contributed by atoms with E-state index in [-0.39, 0.29) is 18.3 Å². The van der Waals surface area contributed by atoms with Gasteiger partial charge in [-0.15, -0.1) is 0 Å². The summed E-state index contributed by atoms with van der Waals surface area (Å²) in [7, 11) is 0. The van der Waals surface area contributed by atoms with E-state index in [4.69, 9.17) is 10.6 Å². The molecule has 2 aromatic rings. The monoisotopic (exact) mass is 274 g/mol. The van der Waals surface area contributed by atoms with Crippen molar-refractivity contribution in [3.05, 3.63) is 65.0 Å². The maximum absolute atomic E-state index is 13.4. The molecule has 0 bridgehead atoms.